The van der Waals surface area contributed by atoms with Crippen molar-refractivity contribution >= 4 is 22.5 Å². The highest BCUT2D eigenvalue weighted by atomic mass is 16.5. The summed E-state index contributed by atoms with van der Waals surface area (Å²) in [5.74, 6) is 1.62. The zero-order valence-electron chi connectivity index (χ0n) is 17.9. The van der Waals surface area contributed by atoms with Crippen molar-refractivity contribution in [1.82, 2.24) is 20.3 Å². The van der Waals surface area contributed by atoms with Crippen LogP contribution in [0.3, 0.4) is 0 Å². The van der Waals surface area contributed by atoms with Crippen LogP contribution in [-0.2, 0) is 11.3 Å². The first kappa shape index (κ1) is 19.1. The molecule has 0 radical (unpaired) electrons. The third-order valence-corrected chi connectivity index (χ3v) is 7.07. The Bertz CT molecular complexity index is 1070. The summed E-state index contributed by atoms with van der Waals surface area (Å²) >= 11 is 0. The van der Waals surface area contributed by atoms with Gasteiger partial charge in [0, 0.05) is 61.9 Å². The second-order valence-electron chi connectivity index (χ2n) is 9.18. The highest BCUT2D eigenvalue weighted by Crippen LogP contribution is 2.38. The lowest BCUT2D eigenvalue weighted by Crippen LogP contribution is -2.52. The molecule has 31 heavy (non-hydrogen) atoms. The average molecular weight is 419 g/mol. The second kappa shape index (κ2) is 7.80. The third-order valence-electron chi connectivity index (χ3n) is 7.07. The number of pyridine rings is 2. The van der Waals surface area contributed by atoms with Crippen LogP contribution >= 0.6 is 0 Å². The van der Waals surface area contributed by atoms with Gasteiger partial charge in [0.1, 0.15) is 11.5 Å². The van der Waals surface area contributed by atoms with Gasteiger partial charge in [-0.05, 0) is 55.4 Å². The maximum absolute atomic E-state index is 5.57. The summed E-state index contributed by atoms with van der Waals surface area (Å²) in [5.41, 5.74) is 4.84. The van der Waals surface area contributed by atoms with Crippen LogP contribution in [0.15, 0.2) is 36.7 Å². The van der Waals surface area contributed by atoms with Crippen molar-refractivity contribution in [2.45, 2.75) is 43.7 Å². The van der Waals surface area contributed by atoms with E-state index in [9.17, 15) is 0 Å². The minimum atomic E-state index is 0.353. The highest BCUT2D eigenvalue weighted by molar-refractivity contribution is 5.92. The van der Waals surface area contributed by atoms with Crippen molar-refractivity contribution in [3.63, 3.8) is 0 Å². The highest BCUT2D eigenvalue weighted by Gasteiger charge is 2.45. The molecule has 0 amide bonds. The minimum Gasteiger partial charge on any atom is -0.381 e. The van der Waals surface area contributed by atoms with Crippen LogP contribution in [0.1, 0.15) is 42.9 Å². The zero-order valence-corrected chi connectivity index (χ0v) is 17.9. The molecule has 5 heterocycles. The molecular weight excluding hydrogens is 388 g/mol. The van der Waals surface area contributed by atoms with E-state index in [1.54, 1.807) is 0 Å². The van der Waals surface area contributed by atoms with E-state index >= 15 is 0 Å². The van der Waals surface area contributed by atoms with Crippen LogP contribution in [0.25, 0.3) is 11.0 Å². The summed E-state index contributed by atoms with van der Waals surface area (Å²) in [6.07, 6.45) is 8.71. The Morgan fingerprint density at radius 1 is 1.19 bits per heavy atom. The van der Waals surface area contributed by atoms with E-state index in [4.69, 9.17) is 9.72 Å². The van der Waals surface area contributed by atoms with Gasteiger partial charge in [0.15, 0.2) is 0 Å². The van der Waals surface area contributed by atoms with Crippen molar-refractivity contribution in [3.8, 4) is 0 Å². The molecule has 7 heteroatoms. The Kier molecular flexibility index (Phi) is 4.80. The summed E-state index contributed by atoms with van der Waals surface area (Å²) in [5, 5.41) is 8.53. The first-order valence-corrected chi connectivity index (χ1v) is 11.5. The molecule has 2 aliphatic heterocycles. The van der Waals surface area contributed by atoms with Gasteiger partial charge in [-0.15, -0.1) is 0 Å². The summed E-state index contributed by atoms with van der Waals surface area (Å²) in [4.78, 5) is 15.3. The summed E-state index contributed by atoms with van der Waals surface area (Å²) in [7, 11) is 0. The molecule has 1 aliphatic carbocycles. The fraction of sp³-hybridized carbons (Fsp3) is 0.500. The maximum Gasteiger partial charge on any atom is 0.139 e. The predicted molar refractivity (Wildman–Crippen MR) is 123 cm³/mol. The standard InChI is InChI=1S/C24H30N6O/c1-2-18(29-21(3-1)30-11-10-28-24(16-30)7-8-24)14-26-20-4-9-25-23-22(20)19(15-27-23)17-5-12-31-13-6-17/h1-4,9,15,17,28H,5-8,10-14,16H2,(H2,25,26,27). The molecule has 162 valence electrons. The van der Waals surface area contributed by atoms with E-state index < -0.39 is 0 Å². The van der Waals surface area contributed by atoms with Gasteiger partial charge in [-0.1, -0.05) is 6.07 Å². The molecular formula is C24H30N6O. The van der Waals surface area contributed by atoms with E-state index in [-0.39, 0.29) is 0 Å². The number of hydrogen-bond acceptors (Lipinski definition) is 6. The molecule has 3 N–H and O–H groups in total. The molecule has 3 aromatic heterocycles. The summed E-state index contributed by atoms with van der Waals surface area (Å²) in [6, 6.07) is 8.47. The van der Waals surface area contributed by atoms with E-state index in [0.717, 1.165) is 68.5 Å². The second-order valence-corrected chi connectivity index (χ2v) is 9.18. The first-order valence-electron chi connectivity index (χ1n) is 11.5. The zero-order chi connectivity index (χ0) is 20.7. The van der Waals surface area contributed by atoms with E-state index in [1.165, 1.54) is 23.8 Å². The van der Waals surface area contributed by atoms with Crippen LogP contribution in [-0.4, -0.2) is 53.3 Å². The van der Waals surface area contributed by atoms with Crippen molar-refractivity contribution in [1.29, 1.82) is 0 Å². The number of anilines is 2. The third kappa shape index (κ3) is 3.77. The molecule has 0 unspecified atom stereocenters. The van der Waals surface area contributed by atoms with E-state index in [1.807, 2.05) is 6.20 Å². The molecule has 3 aliphatic rings. The van der Waals surface area contributed by atoms with Gasteiger partial charge >= 0.3 is 0 Å². The largest absolute Gasteiger partial charge is 0.381 e. The van der Waals surface area contributed by atoms with Crippen LogP contribution in [0, 0.1) is 0 Å². The Morgan fingerprint density at radius 2 is 2.10 bits per heavy atom. The number of aromatic nitrogens is 3. The number of nitrogens with one attached hydrogen (secondary N) is 3. The fourth-order valence-electron chi connectivity index (χ4n) is 5.12. The van der Waals surface area contributed by atoms with Gasteiger partial charge in [0.2, 0.25) is 0 Å². The van der Waals surface area contributed by atoms with Gasteiger partial charge in [-0.25, -0.2) is 9.97 Å². The quantitative estimate of drug-likeness (QED) is 0.589. The lowest BCUT2D eigenvalue weighted by atomic mass is 9.91. The number of hydrogen-bond donors (Lipinski definition) is 3. The Labute approximate surface area is 182 Å². The number of rotatable bonds is 5. The summed E-state index contributed by atoms with van der Waals surface area (Å²) < 4.78 is 5.57. The van der Waals surface area contributed by atoms with Crippen LogP contribution in [0.4, 0.5) is 11.5 Å². The van der Waals surface area contributed by atoms with Crippen LogP contribution in [0.5, 0.6) is 0 Å². The topological polar surface area (TPSA) is 78.1 Å². The number of ether oxygens (including phenoxy) is 1. The normalized spacial score (nSPS) is 21.0. The van der Waals surface area contributed by atoms with E-state index in [2.05, 4.69) is 56.0 Å². The molecule has 7 nitrogen and oxygen atoms in total. The minimum absolute atomic E-state index is 0.353. The monoisotopic (exact) mass is 418 g/mol. The Morgan fingerprint density at radius 3 is 2.97 bits per heavy atom. The lowest BCUT2D eigenvalue weighted by molar-refractivity contribution is 0.0856. The van der Waals surface area contributed by atoms with Crippen LogP contribution in [0.2, 0.25) is 0 Å². The van der Waals surface area contributed by atoms with Crippen molar-refractivity contribution in [3.05, 3.63) is 47.9 Å². The molecule has 6 rings (SSSR count). The van der Waals surface area contributed by atoms with Gasteiger partial charge in [-0.3, -0.25) is 0 Å². The van der Waals surface area contributed by atoms with Gasteiger partial charge in [0.25, 0.3) is 0 Å². The molecule has 1 spiro atoms. The average Bonchev–Trinajstić information content (AvgIpc) is 3.41. The van der Waals surface area contributed by atoms with Gasteiger partial charge in [0.05, 0.1) is 12.2 Å². The molecule has 3 fully saturated rings. The van der Waals surface area contributed by atoms with Crippen molar-refractivity contribution < 1.29 is 4.74 Å². The Hall–Kier alpha value is -2.64. The first-order chi connectivity index (χ1) is 15.3. The lowest BCUT2D eigenvalue weighted by Gasteiger charge is -2.35. The Balaban J connectivity index is 1.21. The van der Waals surface area contributed by atoms with Gasteiger partial charge < -0.3 is 25.3 Å². The van der Waals surface area contributed by atoms with E-state index in [0.29, 0.717) is 18.0 Å². The molecule has 0 bridgehead atoms. The molecule has 0 atom stereocenters. The molecule has 2 saturated heterocycles. The summed E-state index contributed by atoms with van der Waals surface area (Å²) in [6.45, 7) is 5.51. The number of H-pyrrole nitrogens is 1. The smallest absolute Gasteiger partial charge is 0.139 e. The maximum atomic E-state index is 5.57. The molecule has 0 aromatic carbocycles. The van der Waals surface area contributed by atoms with Crippen LogP contribution < -0.4 is 15.5 Å². The number of piperazine rings is 1. The molecule has 3 aromatic rings. The number of fused-ring (bicyclic) bond motifs is 1. The predicted octanol–water partition coefficient (Wildman–Crippen LogP) is 3.41. The fourth-order valence-corrected chi connectivity index (χ4v) is 5.12. The van der Waals surface area contributed by atoms with Crippen molar-refractivity contribution in [2.75, 3.05) is 43.1 Å². The SMILES string of the molecule is c1cc(CNc2ccnc3[nH]cc(C4CCOCC4)c23)nc(N2CCNC3(CC3)C2)c1. The van der Waals surface area contributed by atoms with Gasteiger partial charge in [-0.2, -0.15) is 0 Å². The molecule has 1 saturated carbocycles. The number of nitrogens with zero attached hydrogens (tertiary/aromatic N) is 3. The number of aromatic amines is 1. The van der Waals surface area contributed by atoms with Crippen molar-refractivity contribution in [2.24, 2.45) is 0 Å².